The number of amides is 1. The van der Waals surface area contributed by atoms with E-state index in [0.717, 1.165) is 6.26 Å². The highest BCUT2D eigenvalue weighted by atomic mass is 32.2. The zero-order chi connectivity index (χ0) is 19.2. The second kappa shape index (κ2) is 6.80. The van der Waals surface area contributed by atoms with Crippen LogP contribution in [0.25, 0.3) is 0 Å². The molecule has 0 saturated carbocycles. The van der Waals surface area contributed by atoms with Crippen molar-refractivity contribution in [3.8, 4) is 5.75 Å². The third-order valence-corrected chi connectivity index (χ3v) is 5.27. The molecule has 11 heteroatoms. The summed E-state index contributed by atoms with van der Waals surface area (Å²) in [6.07, 6.45) is -0.607. The van der Waals surface area contributed by atoms with Gasteiger partial charge in [0.05, 0.1) is 30.8 Å². The summed E-state index contributed by atoms with van der Waals surface area (Å²) < 4.78 is 58.1. The van der Waals surface area contributed by atoms with E-state index in [9.17, 15) is 17.6 Å². The third-order valence-electron chi connectivity index (χ3n) is 4.71. The van der Waals surface area contributed by atoms with E-state index in [-0.39, 0.29) is 18.9 Å². The highest BCUT2D eigenvalue weighted by Crippen LogP contribution is 2.42. The molecule has 2 fully saturated rings. The van der Waals surface area contributed by atoms with Gasteiger partial charge in [-0.3, -0.25) is 9.08 Å². The molecule has 9 nitrogen and oxygen atoms in total. The van der Waals surface area contributed by atoms with Crippen LogP contribution in [0, 0.1) is 5.82 Å². The van der Waals surface area contributed by atoms with Crippen molar-refractivity contribution in [1.29, 1.82) is 0 Å². The van der Waals surface area contributed by atoms with Gasteiger partial charge in [0.1, 0.15) is 30.8 Å². The van der Waals surface area contributed by atoms with E-state index >= 15 is 0 Å². The third kappa shape index (κ3) is 3.54. The molecule has 0 aromatic heterocycles. The standard InChI is InChI=1S/C16H19FN2O7S/c1-27(21,22)25-9-15-13-8-24-14-7-11(18-2-4-23-5-3-18)10(17)6-12(14)19(13)16(20)26-15/h6-7,13,15H,2-5,8-9H2,1H3/t13-,15-/m0/s1. The monoisotopic (exact) mass is 402 g/mol. The molecular weight excluding hydrogens is 383 g/mol. The summed E-state index contributed by atoms with van der Waals surface area (Å²) in [7, 11) is -3.68. The number of nitrogens with zero attached hydrogens (tertiary/aromatic N) is 2. The van der Waals surface area contributed by atoms with Crippen molar-refractivity contribution in [3.63, 3.8) is 0 Å². The van der Waals surface area contributed by atoms with Gasteiger partial charge in [-0.1, -0.05) is 0 Å². The Balaban J connectivity index is 1.59. The van der Waals surface area contributed by atoms with Crippen LogP contribution >= 0.6 is 0 Å². The first kappa shape index (κ1) is 18.3. The van der Waals surface area contributed by atoms with Gasteiger partial charge in [0.15, 0.2) is 6.10 Å². The fraction of sp³-hybridized carbons (Fsp3) is 0.562. The van der Waals surface area contributed by atoms with Crippen LogP contribution in [-0.2, 0) is 23.8 Å². The summed E-state index contributed by atoms with van der Waals surface area (Å²) in [6, 6.07) is 2.22. The van der Waals surface area contributed by atoms with E-state index in [2.05, 4.69) is 0 Å². The first-order chi connectivity index (χ1) is 12.8. The number of benzene rings is 1. The Morgan fingerprint density at radius 2 is 2.00 bits per heavy atom. The molecule has 27 heavy (non-hydrogen) atoms. The quantitative estimate of drug-likeness (QED) is 0.681. The highest BCUT2D eigenvalue weighted by molar-refractivity contribution is 7.85. The van der Waals surface area contributed by atoms with Gasteiger partial charge in [-0.15, -0.1) is 0 Å². The van der Waals surface area contributed by atoms with Crippen molar-refractivity contribution in [1.82, 2.24) is 0 Å². The van der Waals surface area contributed by atoms with E-state index in [1.165, 1.54) is 11.0 Å². The second-order valence-corrected chi connectivity index (χ2v) is 8.17. The molecule has 3 aliphatic heterocycles. The number of carbonyl (C=O) groups is 1. The molecule has 148 valence electrons. The number of halogens is 1. The molecule has 0 spiro atoms. The lowest BCUT2D eigenvalue weighted by atomic mass is 10.1. The molecule has 0 unspecified atom stereocenters. The molecular formula is C16H19FN2O7S. The number of hydrogen-bond acceptors (Lipinski definition) is 8. The minimum absolute atomic E-state index is 0.0880. The van der Waals surface area contributed by atoms with Gasteiger partial charge < -0.3 is 19.1 Å². The van der Waals surface area contributed by atoms with Crippen LogP contribution in [0.5, 0.6) is 5.75 Å². The maximum atomic E-state index is 14.7. The molecule has 1 amide bonds. The molecule has 2 saturated heterocycles. The van der Waals surface area contributed by atoms with Crippen molar-refractivity contribution in [2.24, 2.45) is 0 Å². The van der Waals surface area contributed by atoms with Gasteiger partial charge in [0, 0.05) is 25.2 Å². The van der Waals surface area contributed by atoms with Crippen LogP contribution in [0.2, 0.25) is 0 Å². The molecule has 3 heterocycles. The highest BCUT2D eigenvalue weighted by Gasteiger charge is 2.47. The van der Waals surface area contributed by atoms with Crippen LogP contribution < -0.4 is 14.5 Å². The second-order valence-electron chi connectivity index (χ2n) is 6.53. The molecule has 0 bridgehead atoms. The molecule has 1 aromatic carbocycles. The Labute approximate surface area is 155 Å². The van der Waals surface area contributed by atoms with Crippen LogP contribution in [0.15, 0.2) is 12.1 Å². The zero-order valence-corrected chi connectivity index (χ0v) is 15.4. The first-order valence-electron chi connectivity index (χ1n) is 8.47. The van der Waals surface area contributed by atoms with Crippen LogP contribution in [0.1, 0.15) is 0 Å². The summed E-state index contributed by atoms with van der Waals surface area (Å²) in [5, 5.41) is 0. The lowest BCUT2D eigenvalue weighted by molar-refractivity contribution is 0.0843. The molecule has 3 aliphatic rings. The first-order valence-corrected chi connectivity index (χ1v) is 10.3. The van der Waals surface area contributed by atoms with Gasteiger partial charge in [-0.05, 0) is 0 Å². The fourth-order valence-corrected chi connectivity index (χ4v) is 3.80. The summed E-state index contributed by atoms with van der Waals surface area (Å²) in [4.78, 5) is 15.5. The Morgan fingerprint density at radius 3 is 2.70 bits per heavy atom. The zero-order valence-electron chi connectivity index (χ0n) is 14.6. The summed E-state index contributed by atoms with van der Waals surface area (Å²) in [6.45, 7) is 1.92. The van der Waals surface area contributed by atoms with Crippen molar-refractivity contribution in [2.45, 2.75) is 12.1 Å². The number of ether oxygens (including phenoxy) is 3. The summed E-state index contributed by atoms with van der Waals surface area (Å²) in [5.74, 6) is -0.112. The molecule has 2 atom stereocenters. The Hall–Kier alpha value is -2.11. The van der Waals surface area contributed by atoms with Gasteiger partial charge in [0.2, 0.25) is 0 Å². The van der Waals surface area contributed by atoms with E-state index < -0.39 is 34.2 Å². The Kier molecular flexibility index (Phi) is 4.60. The molecule has 4 rings (SSSR count). The van der Waals surface area contributed by atoms with Gasteiger partial charge in [0.25, 0.3) is 10.1 Å². The van der Waals surface area contributed by atoms with Crippen molar-refractivity contribution in [3.05, 3.63) is 17.9 Å². The molecule has 0 radical (unpaired) electrons. The van der Waals surface area contributed by atoms with Gasteiger partial charge in [-0.2, -0.15) is 8.42 Å². The topological polar surface area (TPSA) is 94.6 Å². The number of hydrogen-bond donors (Lipinski definition) is 0. The van der Waals surface area contributed by atoms with Crippen molar-refractivity contribution in [2.75, 3.05) is 55.6 Å². The maximum absolute atomic E-state index is 14.7. The van der Waals surface area contributed by atoms with Crippen LogP contribution in [0.4, 0.5) is 20.6 Å². The molecule has 1 aromatic rings. The van der Waals surface area contributed by atoms with Gasteiger partial charge >= 0.3 is 6.09 Å². The predicted octanol–water partition coefficient (Wildman–Crippen LogP) is 0.725. The smallest absolute Gasteiger partial charge is 0.415 e. The average molecular weight is 402 g/mol. The van der Waals surface area contributed by atoms with Crippen LogP contribution in [-0.4, -0.2) is 72.4 Å². The minimum atomic E-state index is -3.68. The number of fused-ring (bicyclic) bond motifs is 3. The Morgan fingerprint density at radius 1 is 1.26 bits per heavy atom. The molecule has 0 aliphatic carbocycles. The average Bonchev–Trinajstić information content (AvgIpc) is 2.96. The van der Waals surface area contributed by atoms with Crippen LogP contribution in [0.3, 0.4) is 0 Å². The molecule has 0 N–H and O–H groups in total. The van der Waals surface area contributed by atoms with E-state index in [0.29, 0.717) is 37.7 Å². The Bertz CT molecular complexity index is 857. The maximum Gasteiger partial charge on any atom is 0.415 e. The number of cyclic esters (lactones) is 1. The fourth-order valence-electron chi connectivity index (χ4n) is 3.42. The number of carbonyl (C=O) groups excluding carboxylic acids is 1. The van der Waals surface area contributed by atoms with E-state index in [1.54, 1.807) is 6.07 Å². The number of anilines is 2. The minimum Gasteiger partial charge on any atom is -0.489 e. The van der Waals surface area contributed by atoms with Gasteiger partial charge in [-0.25, -0.2) is 9.18 Å². The summed E-state index contributed by atoms with van der Waals surface area (Å²) >= 11 is 0. The lowest BCUT2D eigenvalue weighted by Crippen LogP contribution is -2.46. The van der Waals surface area contributed by atoms with E-state index in [1.807, 2.05) is 4.90 Å². The number of rotatable bonds is 4. The predicted molar refractivity (Wildman–Crippen MR) is 92.3 cm³/mol. The number of morpholine rings is 1. The van der Waals surface area contributed by atoms with Crippen molar-refractivity contribution < 1.29 is 36.0 Å². The largest absolute Gasteiger partial charge is 0.489 e. The normalized spacial score (nSPS) is 24.9. The summed E-state index contributed by atoms with van der Waals surface area (Å²) in [5.41, 5.74) is 0.646. The SMILES string of the molecule is CS(=O)(=O)OC[C@@H]1OC(=O)N2c3cc(F)c(N4CCOCC4)cc3OC[C@@H]12. The van der Waals surface area contributed by atoms with E-state index in [4.69, 9.17) is 18.4 Å². The lowest BCUT2D eigenvalue weighted by Gasteiger charge is -2.34. The van der Waals surface area contributed by atoms with Crippen molar-refractivity contribution >= 4 is 27.6 Å².